The van der Waals surface area contributed by atoms with E-state index in [-0.39, 0.29) is 16.9 Å². The lowest BCUT2D eigenvalue weighted by molar-refractivity contribution is 0.344. The lowest BCUT2D eigenvalue weighted by atomic mass is 9.81. The van der Waals surface area contributed by atoms with Crippen molar-refractivity contribution in [3.05, 3.63) is 35.4 Å². The van der Waals surface area contributed by atoms with Gasteiger partial charge in [-0.1, -0.05) is 38.1 Å². The topological polar surface area (TPSA) is 60.2 Å². The molecule has 1 unspecified atom stereocenters. The van der Waals surface area contributed by atoms with Gasteiger partial charge in [0.1, 0.15) is 0 Å². The van der Waals surface area contributed by atoms with Gasteiger partial charge in [-0.25, -0.2) is 8.42 Å². The fourth-order valence-electron chi connectivity index (χ4n) is 2.81. The van der Waals surface area contributed by atoms with Gasteiger partial charge in [-0.15, -0.1) is 0 Å². The highest BCUT2D eigenvalue weighted by molar-refractivity contribution is 7.91. The summed E-state index contributed by atoms with van der Waals surface area (Å²) in [4.78, 5) is 0. The zero-order chi connectivity index (χ0) is 14.1. The Labute approximate surface area is 116 Å². The second-order valence-corrected chi connectivity index (χ2v) is 8.30. The first-order valence-electron chi connectivity index (χ1n) is 6.85. The molecule has 3 nitrogen and oxygen atoms in total. The monoisotopic (exact) mass is 281 g/mol. The molecule has 1 aliphatic rings. The smallest absolute Gasteiger partial charge is 0.150 e. The Morgan fingerprint density at radius 3 is 2.32 bits per heavy atom. The third-order valence-corrected chi connectivity index (χ3v) is 6.01. The molecule has 0 bridgehead atoms. The van der Waals surface area contributed by atoms with Gasteiger partial charge in [-0.3, -0.25) is 0 Å². The van der Waals surface area contributed by atoms with Crippen LogP contribution in [0.4, 0.5) is 0 Å². The quantitative estimate of drug-likeness (QED) is 0.919. The summed E-state index contributed by atoms with van der Waals surface area (Å²) in [5.74, 6) is 1.04. The summed E-state index contributed by atoms with van der Waals surface area (Å²) >= 11 is 0. The molecule has 0 radical (unpaired) electrons. The molecule has 0 aliphatic carbocycles. The fraction of sp³-hybridized carbons (Fsp3) is 0.600. The molecule has 0 spiro atoms. The molecule has 1 aromatic rings. The van der Waals surface area contributed by atoms with Gasteiger partial charge < -0.3 is 5.73 Å². The van der Waals surface area contributed by atoms with Gasteiger partial charge in [0.05, 0.1) is 11.5 Å². The molecule has 1 aromatic carbocycles. The minimum absolute atomic E-state index is 0.239. The molecule has 2 rings (SSSR count). The second-order valence-electron chi connectivity index (χ2n) is 6.12. The molecule has 4 heteroatoms. The first kappa shape index (κ1) is 14.5. The van der Waals surface area contributed by atoms with Crippen LogP contribution < -0.4 is 5.73 Å². The van der Waals surface area contributed by atoms with Gasteiger partial charge in [-0.05, 0) is 36.4 Å². The van der Waals surface area contributed by atoms with Gasteiger partial charge in [0, 0.05) is 5.41 Å². The number of nitrogens with two attached hydrogens (primary N) is 1. The van der Waals surface area contributed by atoms with E-state index in [1.54, 1.807) is 0 Å². The van der Waals surface area contributed by atoms with Crippen LogP contribution in [0.2, 0.25) is 0 Å². The maximum atomic E-state index is 11.7. The van der Waals surface area contributed by atoms with E-state index < -0.39 is 9.84 Å². The predicted molar refractivity (Wildman–Crippen MR) is 79.0 cm³/mol. The minimum Gasteiger partial charge on any atom is -0.330 e. The summed E-state index contributed by atoms with van der Waals surface area (Å²) in [7, 11) is -2.89. The highest BCUT2D eigenvalue weighted by Gasteiger charge is 2.41. The molecule has 1 fully saturated rings. The van der Waals surface area contributed by atoms with Gasteiger partial charge in [0.25, 0.3) is 0 Å². The van der Waals surface area contributed by atoms with Gasteiger partial charge in [0.2, 0.25) is 0 Å². The van der Waals surface area contributed by atoms with Crippen molar-refractivity contribution in [3.63, 3.8) is 0 Å². The maximum Gasteiger partial charge on any atom is 0.150 e. The first-order chi connectivity index (χ1) is 8.86. The number of hydrogen-bond donors (Lipinski definition) is 1. The Morgan fingerprint density at radius 1 is 1.26 bits per heavy atom. The van der Waals surface area contributed by atoms with Crippen LogP contribution in [0.5, 0.6) is 0 Å². The van der Waals surface area contributed by atoms with Crippen molar-refractivity contribution >= 4 is 9.84 Å². The summed E-state index contributed by atoms with van der Waals surface area (Å²) < 4.78 is 23.4. The molecule has 106 valence electrons. The van der Waals surface area contributed by atoms with Crippen LogP contribution in [0.1, 0.15) is 37.3 Å². The van der Waals surface area contributed by atoms with Crippen molar-refractivity contribution in [1.82, 2.24) is 0 Å². The largest absolute Gasteiger partial charge is 0.330 e. The van der Waals surface area contributed by atoms with Gasteiger partial charge >= 0.3 is 0 Å². The third kappa shape index (κ3) is 3.37. The summed E-state index contributed by atoms with van der Waals surface area (Å²) in [5, 5.41) is 0. The number of sulfone groups is 1. The fourth-order valence-corrected chi connectivity index (χ4v) is 4.99. The summed E-state index contributed by atoms with van der Waals surface area (Å²) in [6.45, 7) is 4.78. The zero-order valence-electron chi connectivity index (χ0n) is 11.7. The minimum atomic E-state index is -2.89. The van der Waals surface area contributed by atoms with Crippen molar-refractivity contribution in [1.29, 1.82) is 0 Å². The van der Waals surface area contributed by atoms with Crippen LogP contribution in [-0.4, -0.2) is 26.5 Å². The standard InChI is InChI=1S/C15H23NO2S/c1-12(2)14-5-3-13(4-6-14)9-15(10-16)7-8-19(17,18)11-15/h3-6,12H,7-11,16H2,1-2H3. The average molecular weight is 281 g/mol. The molecule has 2 N–H and O–H groups in total. The Balaban J connectivity index is 2.15. The molecular formula is C15H23NO2S. The Morgan fingerprint density at radius 2 is 1.89 bits per heavy atom. The maximum absolute atomic E-state index is 11.7. The van der Waals surface area contributed by atoms with Crippen LogP contribution in [0, 0.1) is 5.41 Å². The van der Waals surface area contributed by atoms with Crippen LogP contribution in [0.15, 0.2) is 24.3 Å². The van der Waals surface area contributed by atoms with E-state index in [1.807, 2.05) is 0 Å². The second kappa shape index (κ2) is 5.25. The van der Waals surface area contributed by atoms with E-state index in [0.717, 1.165) is 6.42 Å². The van der Waals surface area contributed by atoms with Crippen molar-refractivity contribution in [2.45, 2.75) is 32.6 Å². The molecule has 19 heavy (non-hydrogen) atoms. The van der Waals surface area contributed by atoms with Crippen molar-refractivity contribution in [2.75, 3.05) is 18.1 Å². The molecule has 0 aromatic heterocycles. The van der Waals surface area contributed by atoms with Crippen molar-refractivity contribution in [3.8, 4) is 0 Å². The van der Waals surface area contributed by atoms with Crippen LogP contribution in [0.25, 0.3) is 0 Å². The van der Waals surface area contributed by atoms with E-state index in [1.165, 1.54) is 11.1 Å². The Bertz CT molecular complexity index is 534. The van der Waals surface area contributed by atoms with Crippen LogP contribution in [0.3, 0.4) is 0 Å². The zero-order valence-corrected chi connectivity index (χ0v) is 12.5. The highest BCUT2D eigenvalue weighted by Crippen LogP contribution is 2.35. The molecular weight excluding hydrogens is 258 g/mol. The highest BCUT2D eigenvalue weighted by atomic mass is 32.2. The lowest BCUT2D eigenvalue weighted by Crippen LogP contribution is -2.34. The number of hydrogen-bond acceptors (Lipinski definition) is 3. The van der Waals surface area contributed by atoms with Crippen molar-refractivity contribution in [2.24, 2.45) is 11.1 Å². The summed E-state index contributed by atoms with van der Waals surface area (Å²) in [6, 6.07) is 8.48. The Kier molecular flexibility index (Phi) is 4.02. The summed E-state index contributed by atoms with van der Waals surface area (Å²) in [5.41, 5.74) is 8.10. The molecule has 1 saturated heterocycles. The number of rotatable bonds is 4. The van der Waals surface area contributed by atoms with Crippen LogP contribution in [-0.2, 0) is 16.3 Å². The third-order valence-electron chi connectivity index (χ3n) is 4.13. The molecule has 1 aliphatic heterocycles. The molecule has 1 atom stereocenters. The lowest BCUT2D eigenvalue weighted by Gasteiger charge is -2.26. The van der Waals surface area contributed by atoms with E-state index >= 15 is 0 Å². The predicted octanol–water partition coefficient (Wildman–Crippen LogP) is 2.12. The summed E-state index contributed by atoms with van der Waals surface area (Å²) in [6.07, 6.45) is 1.46. The molecule has 0 saturated carbocycles. The van der Waals surface area contributed by atoms with Gasteiger partial charge in [0.15, 0.2) is 9.84 Å². The van der Waals surface area contributed by atoms with Crippen LogP contribution >= 0.6 is 0 Å². The van der Waals surface area contributed by atoms with Crippen molar-refractivity contribution < 1.29 is 8.42 Å². The van der Waals surface area contributed by atoms with E-state index in [0.29, 0.717) is 18.9 Å². The van der Waals surface area contributed by atoms with E-state index in [9.17, 15) is 8.42 Å². The SMILES string of the molecule is CC(C)c1ccc(CC2(CN)CCS(=O)(=O)C2)cc1. The normalized spacial score (nSPS) is 25.9. The van der Waals surface area contributed by atoms with E-state index in [2.05, 4.69) is 38.1 Å². The van der Waals surface area contributed by atoms with E-state index in [4.69, 9.17) is 5.73 Å². The van der Waals surface area contributed by atoms with Gasteiger partial charge in [-0.2, -0.15) is 0 Å². The molecule has 0 amide bonds. The molecule has 1 heterocycles. The first-order valence-corrected chi connectivity index (χ1v) is 8.67. The average Bonchev–Trinajstić information content (AvgIpc) is 2.66. The Hall–Kier alpha value is -0.870. The number of benzene rings is 1.